The van der Waals surface area contributed by atoms with Crippen molar-refractivity contribution in [3.05, 3.63) is 30.6 Å². The first-order valence-corrected chi connectivity index (χ1v) is 8.41. The second-order valence-corrected chi connectivity index (χ2v) is 6.72. The topological polar surface area (TPSA) is 89.9 Å². The molecule has 1 aromatic carbocycles. The molecule has 0 amide bonds. The predicted octanol–water partition coefficient (Wildman–Crippen LogP) is 3.53. The van der Waals surface area contributed by atoms with Gasteiger partial charge in [0.1, 0.15) is 11.3 Å². The van der Waals surface area contributed by atoms with Crippen LogP contribution in [-0.4, -0.2) is 24.6 Å². The van der Waals surface area contributed by atoms with Crippen molar-refractivity contribution in [3.8, 4) is 17.1 Å². The molecule has 0 unspecified atom stereocenters. The van der Waals surface area contributed by atoms with E-state index in [-0.39, 0.29) is 5.75 Å². The fourth-order valence-electron chi connectivity index (χ4n) is 3.47. The van der Waals surface area contributed by atoms with Gasteiger partial charge in [-0.05, 0) is 55.9 Å². The van der Waals surface area contributed by atoms with Crippen LogP contribution in [0.4, 0.5) is 5.82 Å². The van der Waals surface area contributed by atoms with Crippen molar-refractivity contribution < 1.29 is 5.11 Å². The van der Waals surface area contributed by atoms with Crippen LogP contribution >= 0.6 is 0 Å². The van der Waals surface area contributed by atoms with Crippen molar-refractivity contribution in [1.29, 1.82) is 0 Å². The zero-order chi connectivity index (χ0) is 16.7. The molecule has 3 aromatic rings. The SMILES string of the molecule is CC1CCC(n2cnc3c(N)nc(-c4ccc(O)cc4)nc32)CC1. The Morgan fingerprint density at radius 1 is 1.08 bits per heavy atom. The van der Waals surface area contributed by atoms with Crippen LogP contribution in [0.25, 0.3) is 22.6 Å². The van der Waals surface area contributed by atoms with Gasteiger partial charge in [0.05, 0.1) is 6.33 Å². The fourth-order valence-corrected chi connectivity index (χ4v) is 3.47. The van der Waals surface area contributed by atoms with Gasteiger partial charge >= 0.3 is 0 Å². The van der Waals surface area contributed by atoms with Crippen LogP contribution in [0.15, 0.2) is 30.6 Å². The maximum Gasteiger partial charge on any atom is 0.166 e. The van der Waals surface area contributed by atoms with E-state index in [0.29, 0.717) is 23.2 Å². The molecule has 0 bridgehead atoms. The third kappa shape index (κ3) is 2.58. The molecule has 0 saturated heterocycles. The number of phenolic OH excluding ortho intramolecular Hbond substituents is 1. The Bertz CT molecular complexity index is 863. The molecule has 4 rings (SSSR count). The largest absolute Gasteiger partial charge is 0.508 e. The van der Waals surface area contributed by atoms with E-state index in [9.17, 15) is 5.11 Å². The number of aromatic nitrogens is 4. The molecule has 2 heterocycles. The summed E-state index contributed by atoms with van der Waals surface area (Å²) in [5.74, 6) is 1.97. The van der Waals surface area contributed by atoms with Crippen molar-refractivity contribution in [2.75, 3.05) is 5.73 Å². The quantitative estimate of drug-likeness (QED) is 0.753. The normalized spacial score (nSPS) is 21.2. The predicted molar refractivity (Wildman–Crippen MR) is 93.5 cm³/mol. The molecule has 0 radical (unpaired) electrons. The average molecular weight is 323 g/mol. The van der Waals surface area contributed by atoms with E-state index >= 15 is 0 Å². The number of nitrogens with zero attached hydrogens (tertiary/aromatic N) is 4. The average Bonchev–Trinajstić information content (AvgIpc) is 3.01. The third-order valence-electron chi connectivity index (χ3n) is 4.95. The van der Waals surface area contributed by atoms with Gasteiger partial charge in [0.15, 0.2) is 17.3 Å². The minimum Gasteiger partial charge on any atom is -0.508 e. The van der Waals surface area contributed by atoms with E-state index in [1.165, 1.54) is 12.8 Å². The number of rotatable bonds is 2. The lowest BCUT2D eigenvalue weighted by molar-refractivity contribution is 0.293. The second-order valence-electron chi connectivity index (χ2n) is 6.72. The number of imidazole rings is 1. The molecule has 2 aromatic heterocycles. The highest BCUT2D eigenvalue weighted by Gasteiger charge is 2.23. The van der Waals surface area contributed by atoms with E-state index < -0.39 is 0 Å². The molecule has 0 atom stereocenters. The summed E-state index contributed by atoms with van der Waals surface area (Å²) in [6.45, 7) is 2.31. The van der Waals surface area contributed by atoms with Gasteiger partial charge in [0.2, 0.25) is 0 Å². The minimum absolute atomic E-state index is 0.217. The summed E-state index contributed by atoms with van der Waals surface area (Å²) in [4.78, 5) is 13.5. The summed E-state index contributed by atoms with van der Waals surface area (Å²) in [5.41, 5.74) is 8.40. The van der Waals surface area contributed by atoms with E-state index in [1.807, 2.05) is 6.33 Å². The van der Waals surface area contributed by atoms with Crippen LogP contribution in [0, 0.1) is 5.92 Å². The Hall–Kier alpha value is -2.63. The van der Waals surface area contributed by atoms with E-state index in [1.54, 1.807) is 24.3 Å². The molecule has 1 aliphatic carbocycles. The summed E-state index contributed by atoms with van der Waals surface area (Å²) in [6, 6.07) is 7.25. The number of benzene rings is 1. The first-order chi connectivity index (χ1) is 11.6. The van der Waals surface area contributed by atoms with E-state index in [0.717, 1.165) is 30.0 Å². The van der Waals surface area contributed by atoms with Gasteiger partial charge in [0, 0.05) is 11.6 Å². The molecule has 0 spiro atoms. The monoisotopic (exact) mass is 323 g/mol. The maximum atomic E-state index is 9.45. The molecule has 3 N–H and O–H groups in total. The molecule has 1 fully saturated rings. The zero-order valence-electron chi connectivity index (χ0n) is 13.7. The lowest BCUT2D eigenvalue weighted by Crippen LogP contribution is -2.16. The highest BCUT2D eigenvalue weighted by Crippen LogP contribution is 2.34. The van der Waals surface area contributed by atoms with E-state index in [4.69, 9.17) is 10.7 Å². The highest BCUT2D eigenvalue weighted by molar-refractivity contribution is 5.83. The fraction of sp³-hybridized carbons (Fsp3) is 0.389. The number of anilines is 1. The second kappa shape index (κ2) is 5.78. The number of nitrogen functional groups attached to an aromatic ring is 1. The molecule has 6 nitrogen and oxygen atoms in total. The number of fused-ring (bicyclic) bond motifs is 1. The first kappa shape index (κ1) is 14.9. The Labute approximate surface area is 140 Å². The number of hydrogen-bond donors (Lipinski definition) is 2. The van der Waals surface area contributed by atoms with Crippen molar-refractivity contribution >= 4 is 17.0 Å². The molecule has 0 aliphatic heterocycles. The van der Waals surface area contributed by atoms with Gasteiger partial charge in [0.25, 0.3) is 0 Å². The number of aromatic hydroxyl groups is 1. The minimum atomic E-state index is 0.217. The van der Waals surface area contributed by atoms with Crippen LogP contribution < -0.4 is 5.73 Å². The molecule has 1 aliphatic rings. The van der Waals surface area contributed by atoms with Crippen LogP contribution in [0.2, 0.25) is 0 Å². The lowest BCUT2D eigenvalue weighted by atomic mass is 9.87. The van der Waals surface area contributed by atoms with Gasteiger partial charge in [-0.2, -0.15) is 0 Å². The van der Waals surface area contributed by atoms with Crippen LogP contribution in [0.5, 0.6) is 5.75 Å². The molecule has 6 heteroatoms. The van der Waals surface area contributed by atoms with Gasteiger partial charge in [-0.15, -0.1) is 0 Å². The van der Waals surface area contributed by atoms with Gasteiger partial charge in [-0.25, -0.2) is 15.0 Å². The standard InChI is InChI=1S/C18H21N5O/c1-11-2-6-13(7-3-11)23-10-20-15-16(19)21-17(22-18(15)23)12-4-8-14(24)9-5-12/h4-5,8-11,13,24H,2-3,6-7H2,1H3,(H2,19,21,22). The molecular formula is C18H21N5O. The summed E-state index contributed by atoms with van der Waals surface area (Å²) >= 11 is 0. The van der Waals surface area contributed by atoms with E-state index in [2.05, 4.69) is 21.5 Å². The number of hydrogen-bond acceptors (Lipinski definition) is 5. The smallest absolute Gasteiger partial charge is 0.166 e. The Kier molecular flexibility index (Phi) is 3.59. The third-order valence-corrected chi connectivity index (χ3v) is 4.95. The summed E-state index contributed by atoms with van der Waals surface area (Å²) in [5, 5.41) is 9.45. The van der Waals surface area contributed by atoms with Gasteiger partial charge in [-0.3, -0.25) is 0 Å². The van der Waals surface area contributed by atoms with Crippen molar-refractivity contribution in [1.82, 2.24) is 19.5 Å². The highest BCUT2D eigenvalue weighted by atomic mass is 16.3. The Morgan fingerprint density at radius 2 is 1.79 bits per heavy atom. The summed E-state index contributed by atoms with van der Waals surface area (Å²) in [6.07, 6.45) is 6.60. The van der Waals surface area contributed by atoms with Crippen molar-refractivity contribution in [2.45, 2.75) is 38.6 Å². The number of nitrogens with two attached hydrogens (primary N) is 1. The molecule has 124 valence electrons. The number of phenols is 1. The molecule has 1 saturated carbocycles. The van der Waals surface area contributed by atoms with Crippen LogP contribution in [-0.2, 0) is 0 Å². The maximum absolute atomic E-state index is 9.45. The van der Waals surface area contributed by atoms with Gasteiger partial charge in [-0.1, -0.05) is 6.92 Å². The zero-order valence-corrected chi connectivity index (χ0v) is 13.7. The summed E-state index contributed by atoms with van der Waals surface area (Å²) < 4.78 is 2.16. The summed E-state index contributed by atoms with van der Waals surface area (Å²) in [7, 11) is 0. The van der Waals surface area contributed by atoms with Crippen molar-refractivity contribution in [3.63, 3.8) is 0 Å². The van der Waals surface area contributed by atoms with Crippen LogP contribution in [0.3, 0.4) is 0 Å². The van der Waals surface area contributed by atoms with Crippen molar-refractivity contribution in [2.24, 2.45) is 5.92 Å². The Morgan fingerprint density at radius 3 is 2.50 bits per heavy atom. The molecule has 24 heavy (non-hydrogen) atoms. The lowest BCUT2D eigenvalue weighted by Gasteiger charge is -2.27. The van der Waals surface area contributed by atoms with Crippen LogP contribution in [0.1, 0.15) is 38.6 Å². The Balaban J connectivity index is 1.78. The first-order valence-electron chi connectivity index (χ1n) is 8.41. The molecular weight excluding hydrogens is 302 g/mol. The van der Waals surface area contributed by atoms with Gasteiger partial charge < -0.3 is 15.4 Å².